The van der Waals surface area contributed by atoms with Crippen LogP contribution in [0, 0.1) is 6.92 Å². The minimum atomic E-state index is -1.06. The molecule has 9 nitrogen and oxygen atoms in total. The summed E-state index contributed by atoms with van der Waals surface area (Å²) in [4.78, 5) is 51.2. The SMILES string of the molecule is CCN1OC[C@@H](N(C(=O)COC)C(=O)c2ccc(C3=NOC(C)(c4cc(Cl)cc(Cl)c4)C3)cc2C)C1=O. The molecule has 2 heterocycles. The average molecular weight is 548 g/mol. The smallest absolute Gasteiger partial charge is 0.271 e. The molecule has 2 atom stereocenters. The molecule has 2 aromatic rings. The Bertz CT molecular complexity index is 1260. The van der Waals surface area contributed by atoms with Gasteiger partial charge in [-0.15, -0.1) is 0 Å². The summed E-state index contributed by atoms with van der Waals surface area (Å²) < 4.78 is 4.95. The number of halogens is 2. The number of amides is 3. The number of imide groups is 1. The van der Waals surface area contributed by atoms with Crippen molar-refractivity contribution in [1.82, 2.24) is 9.96 Å². The summed E-state index contributed by atoms with van der Waals surface area (Å²) in [6.45, 7) is 5.25. The number of ether oxygens (including phenoxy) is 1. The number of carbonyl (C=O) groups excluding carboxylic acids is 3. The molecular weight excluding hydrogens is 521 g/mol. The van der Waals surface area contributed by atoms with Crippen molar-refractivity contribution in [3.63, 3.8) is 0 Å². The van der Waals surface area contributed by atoms with Gasteiger partial charge in [0.25, 0.3) is 17.7 Å². The van der Waals surface area contributed by atoms with Gasteiger partial charge in [-0.2, -0.15) is 0 Å². The van der Waals surface area contributed by atoms with E-state index in [0.29, 0.717) is 34.3 Å². The molecule has 0 aliphatic carbocycles. The second-order valence-corrected chi connectivity index (χ2v) is 9.94. The van der Waals surface area contributed by atoms with Crippen molar-refractivity contribution in [1.29, 1.82) is 0 Å². The van der Waals surface area contributed by atoms with E-state index in [4.69, 9.17) is 37.6 Å². The topological polar surface area (TPSA) is 97.7 Å². The number of methoxy groups -OCH3 is 1. The third-order valence-corrected chi connectivity index (χ3v) is 6.84. The number of likely N-dealkylation sites (N-methyl/N-ethyl adjacent to an activating group) is 1. The van der Waals surface area contributed by atoms with Gasteiger partial charge in [0.2, 0.25) is 0 Å². The fourth-order valence-corrected chi connectivity index (χ4v) is 4.96. The number of rotatable bonds is 7. The zero-order chi connectivity index (χ0) is 26.9. The Morgan fingerprint density at radius 1 is 1.22 bits per heavy atom. The predicted octanol–water partition coefficient (Wildman–Crippen LogP) is 4.12. The van der Waals surface area contributed by atoms with E-state index in [1.54, 1.807) is 50.2 Å². The van der Waals surface area contributed by atoms with Crippen LogP contribution in [0.2, 0.25) is 10.0 Å². The maximum Gasteiger partial charge on any atom is 0.271 e. The largest absolute Gasteiger partial charge is 0.384 e. The highest BCUT2D eigenvalue weighted by atomic mass is 35.5. The fraction of sp³-hybridized carbons (Fsp3) is 0.385. The van der Waals surface area contributed by atoms with Crippen LogP contribution in [-0.2, 0) is 29.6 Å². The minimum Gasteiger partial charge on any atom is -0.384 e. The Balaban J connectivity index is 1.58. The van der Waals surface area contributed by atoms with Gasteiger partial charge >= 0.3 is 0 Å². The molecule has 0 aromatic heterocycles. The van der Waals surface area contributed by atoms with Crippen LogP contribution < -0.4 is 0 Å². The van der Waals surface area contributed by atoms with Crippen LogP contribution >= 0.6 is 23.2 Å². The molecule has 0 spiro atoms. The second-order valence-electron chi connectivity index (χ2n) is 9.07. The van der Waals surface area contributed by atoms with Crippen molar-refractivity contribution in [2.75, 3.05) is 26.9 Å². The van der Waals surface area contributed by atoms with E-state index in [1.807, 2.05) is 6.92 Å². The van der Waals surface area contributed by atoms with Gasteiger partial charge in [0.05, 0.1) is 5.71 Å². The first-order chi connectivity index (χ1) is 17.6. The lowest BCUT2D eigenvalue weighted by Crippen LogP contribution is -2.51. The van der Waals surface area contributed by atoms with Crippen LogP contribution in [0.5, 0.6) is 0 Å². The Kier molecular flexibility index (Phi) is 7.89. The van der Waals surface area contributed by atoms with Crippen LogP contribution in [0.25, 0.3) is 0 Å². The van der Waals surface area contributed by atoms with Gasteiger partial charge in [0.1, 0.15) is 19.3 Å². The van der Waals surface area contributed by atoms with E-state index in [2.05, 4.69) is 5.16 Å². The summed E-state index contributed by atoms with van der Waals surface area (Å²) in [5.74, 6) is -1.68. The third-order valence-electron chi connectivity index (χ3n) is 6.40. The zero-order valence-corrected chi connectivity index (χ0v) is 22.4. The number of aryl methyl sites for hydroxylation is 1. The lowest BCUT2D eigenvalue weighted by atomic mass is 9.88. The van der Waals surface area contributed by atoms with Crippen molar-refractivity contribution >= 4 is 46.6 Å². The van der Waals surface area contributed by atoms with Crippen molar-refractivity contribution in [2.24, 2.45) is 5.16 Å². The Morgan fingerprint density at radius 2 is 1.92 bits per heavy atom. The Labute approximate surface area is 224 Å². The predicted molar refractivity (Wildman–Crippen MR) is 137 cm³/mol. The first-order valence-electron chi connectivity index (χ1n) is 11.7. The van der Waals surface area contributed by atoms with Crippen LogP contribution in [0.1, 0.15) is 47.3 Å². The zero-order valence-electron chi connectivity index (χ0n) is 20.9. The number of nitrogens with zero attached hydrogens (tertiary/aromatic N) is 3. The number of hydrogen-bond acceptors (Lipinski definition) is 7. The first-order valence-corrected chi connectivity index (χ1v) is 12.5. The van der Waals surface area contributed by atoms with E-state index in [9.17, 15) is 14.4 Å². The molecule has 0 N–H and O–H groups in total. The molecule has 11 heteroatoms. The molecule has 2 aliphatic heterocycles. The number of carbonyl (C=O) groups is 3. The van der Waals surface area contributed by atoms with E-state index in [-0.39, 0.29) is 18.8 Å². The van der Waals surface area contributed by atoms with E-state index in [0.717, 1.165) is 21.1 Å². The molecular formula is C26H27Cl2N3O6. The molecule has 37 heavy (non-hydrogen) atoms. The van der Waals surface area contributed by atoms with Gasteiger partial charge in [0, 0.05) is 41.2 Å². The number of benzene rings is 2. The molecule has 1 saturated heterocycles. The molecule has 1 unspecified atom stereocenters. The van der Waals surface area contributed by atoms with Crippen molar-refractivity contribution in [2.45, 2.75) is 38.8 Å². The maximum absolute atomic E-state index is 13.5. The quantitative estimate of drug-likeness (QED) is 0.517. The molecule has 0 radical (unpaired) electrons. The minimum absolute atomic E-state index is 0.106. The van der Waals surface area contributed by atoms with E-state index in [1.165, 1.54) is 7.11 Å². The molecule has 2 aromatic carbocycles. The molecule has 2 aliphatic rings. The van der Waals surface area contributed by atoms with Crippen LogP contribution in [0.4, 0.5) is 0 Å². The Morgan fingerprint density at radius 3 is 2.51 bits per heavy atom. The lowest BCUT2D eigenvalue weighted by molar-refractivity contribution is -0.161. The van der Waals surface area contributed by atoms with Crippen LogP contribution in [0.15, 0.2) is 41.6 Å². The third kappa shape index (κ3) is 5.36. The number of hydroxylamine groups is 2. The van der Waals surface area contributed by atoms with Gasteiger partial charge in [-0.1, -0.05) is 34.4 Å². The number of oxime groups is 1. The van der Waals surface area contributed by atoms with Crippen molar-refractivity contribution in [3.8, 4) is 0 Å². The normalized spacial score (nSPS) is 21.1. The van der Waals surface area contributed by atoms with Gasteiger partial charge in [-0.25, -0.2) is 5.06 Å². The van der Waals surface area contributed by atoms with E-state index >= 15 is 0 Å². The molecule has 0 bridgehead atoms. The van der Waals surface area contributed by atoms with Crippen molar-refractivity contribution < 1.29 is 28.8 Å². The molecule has 1 fully saturated rings. The van der Waals surface area contributed by atoms with Gasteiger partial charge in [0.15, 0.2) is 5.60 Å². The summed E-state index contributed by atoms with van der Waals surface area (Å²) in [5, 5.41) is 6.43. The summed E-state index contributed by atoms with van der Waals surface area (Å²) in [5.41, 5.74) is 2.37. The Hall–Kier alpha value is -2.98. The summed E-state index contributed by atoms with van der Waals surface area (Å²) in [7, 11) is 1.35. The van der Waals surface area contributed by atoms with Crippen LogP contribution in [-0.4, -0.2) is 66.3 Å². The molecule has 196 valence electrons. The van der Waals surface area contributed by atoms with Crippen molar-refractivity contribution in [3.05, 3.63) is 68.7 Å². The summed E-state index contributed by atoms with van der Waals surface area (Å²) in [6.07, 6.45) is 0.454. The second kappa shape index (κ2) is 10.8. The molecule has 0 saturated carbocycles. The highest BCUT2D eigenvalue weighted by Gasteiger charge is 2.43. The lowest BCUT2D eigenvalue weighted by Gasteiger charge is -2.25. The average Bonchev–Trinajstić information content (AvgIpc) is 3.42. The highest BCUT2D eigenvalue weighted by molar-refractivity contribution is 6.34. The maximum atomic E-state index is 13.5. The number of hydrogen-bond donors (Lipinski definition) is 0. The molecule has 3 amide bonds. The van der Waals surface area contributed by atoms with Gasteiger partial charge < -0.3 is 9.57 Å². The van der Waals surface area contributed by atoms with Crippen LogP contribution in [0.3, 0.4) is 0 Å². The summed E-state index contributed by atoms with van der Waals surface area (Å²) >= 11 is 12.3. The highest BCUT2D eigenvalue weighted by Crippen LogP contribution is 2.38. The standard InChI is InChI=1S/C26H27Cl2N3O6/c1-5-30-25(34)22(13-36-30)31(23(32)14-35-4)24(33)20-7-6-16(8-15(20)2)21-12-26(3,37-29-21)17-9-18(27)11-19(28)10-17/h6-11,22H,5,12-14H2,1-4H3/t22-,26?/m1/s1. The fourth-order valence-electron chi connectivity index (χ4n) is 4.44. The summed E-state index contributed by atoms with van der Waals surface area (Å²) in [6, 6.07) is 9.33. The first kappa shape index (κ1) is 27.1. The van der Waals surface area contributed by atoms with E-state index < -0.39 is 29.4 Å². The van der Waals surface area contributed by atoms with Gasteiger partial charge in [-0.05, 0) is 62.2 Å². The molecule has 4 rings (SSSR count). The van der Waals surface area contributed by atoms with Gasteiger partial charge in [-0.3, -0.25) is 24.1 Å². The monoisotopic (exact) mass is 547 g/mol.